The molecule has 0 bridgehead atoms. The summed E-state index contributed by atoms with van der Waals surface area (Å²) in [6, 6.07) is 4.44. The first-order chi connectivity index (χ1) is 11.1. The molecule has 3 amide bonds. The van der Waals surface area contributed by atoms with E-state index >= 15 is 0 Å². The van der Waals surface area contributed by atoms with Gasteiger partial charge in [0.15, 0.2) is 0 Å². The fourth-order valence-electron chi connectivity index (χ4n) is 1.78. The third kappa shape index (κ3) is 5.24. The molecule has 0 radical (unpaired) electrons. The number of rotatable bonds is 4. The van der Waals surface area contributed by atoms with Gasteiger partial charge < -0.3 is 15.4 Å². The summed E-state index contributed by atoms with van der Waals surface area (Å²) in [5, 5.41) is 6.07. The van der Waals surface area contributed by atoms with Crippen molar-refractivity contribution in [1.82, 2.24) is 10.4 Å². The van der Waals surface area contributed by atoms with Crippen molar-refractivity contribution in [3.63, 3.8) is 0 Å². The van der Waals surface area contributed by atoms with E-state index in [1.54, 1.807) is 20.8 Å². The van der Waals surface area contributed by atoms with E-state index < -0.39 is 23.3 Å². The second-order valence-corrected chi connectivity index (χ2v) is 6.06. The van der Waals surface area contributed by atoms with Crippen LogP contribution in [-0.4, -0.2) is 49.6 Å². The topological polar surface area (TPSA) is 97.0 Å². The molecule has 0 aromatic heterocycles. The van der Waals surface area contributed by atoms with Gasteiger partial charge in [-0.05, 0) is 32.9 Å². The van der Waals surface area contributed by atoms with Crippen molar-refractivity contribution in [2.75, 3.05) is 26.6 Å². The van der Waals surface area contributed by atoms with Crippen LogP contribution in [0.2, 0.25) is 0 Å². The van der Waals surface area contributed by atoms with Gasteiger partial charge in [-0.1, -0.05) is 0 Å². The molecule has 24 heavy (non-hydrogen) atoms. The molecule has 0 saturated heterocycles. The van der Waals surface area contributed by atoms with Crippen LogP contribution >= 0.6 is 0 Å². The van der Waals surface area contributed by atoms with Crippen molar-refractivity contribution < 1.29 is 24.0 Å². The first kappa shape index (κ1) is 19.4. The SMILES string of the molecule is COc1cc(NC(=O)C(=O)NC(C)(C)C)ccc1C(=O)N(C)OC. The molecule has 0 aliphatic rings. The number of benzene rings is 1. The Morgan fingerprint density at radius 3 is 2.21 bits per heavy atom. The molecule has 8 nitrogen and oxygen atoms in total. The van der Waals surface area contributed by atoms with Crippen LogP contribution in [0.25, 0.3) is 0 Å². The van der Waals surface area contributed by atoms with Gasteiger partial charge in [0.1, 0.15) is 5.75 Å². The molecular formula is C16H23N3O5. The second kappa shape index (κ2) is 7.78. The molecule has 0 unspecified atom stereocenters. The number of hydrogen-bond acceptors (Lipinski definition) is 5. The van der Waals surface area contributed by atoms with E-state index in [9.17, 15) is 14.4 Å². The highest BCUT2D eigenvalue weighted by Gasteiger charge is 2.21. The molecule has 0 spiro atoms. The summed E-state index contributed by atoms with van der Waals surface area (Å²) in [6.07, 6.45) is 0. The summed E-state index contributed by atoms with van der Waals surface area (Å²) in [7, 11) is 4.23. The van der Waals surface area contributed by atoms with E-state index in [4.69, 9.17) is 9.57 Å². The minimum absolute atomic E-state index is 0.248. The largest absolute Gasteiger partial charge is 0.496 e. The number of nitrogens with zero attached hydrogens (tertiary/aromatic N) is 1. The predicted molar refractivity (Wildman–Crippen MR) is 88.6 cm³/mol. The molecule has 0 saturated carbocycles. The number of anilines is 1. The Kier molecular flexibility index (Phi) is 6.30. The van der Waals surface area contributed by atoms with Crippen molar-refractivity contribution in [2.45, 2.75) is 26.3 Å². The van der Waals surface area contributed by atoms with Crippen molar-refractivity contribution in [3.8, 4) is 5.75 Å². The molecule has 0 aliphatic heterocycles. The molecule has 8 heteroatoms. The minimum Gasteiger partial charge on any atom is -0.496 e. The lowest BCUT2D eigenvalue weighted by Gasteiger charge is -2.20. The van der Waals surface area contributed by atoms with Crippen LogP contribution in [0.3, 0.4) is 0 Å². The molecule has 1 aromatic rings. The molecular weight excluding hydrogens is 314 g/mol. The van der Waals surface area contributed by atoms with Crippen LogP contribution in [-0.2, 0) is 14.4 Å². The number of nitrogens with one attached hydrogen (secondary N) is 2. The zero-order valence-corrected chi connectivity index (χ0v) is 14.7. The van der Waals surface area contributed by atoms with Crippen molar-refractivity contribution in [1.29, 1.82) is 0 Å². The van der Waals surface area contributed by atoms with Gasteiger partial charge in [0.05, 0.1) is 19.8 Å². The van der Waals surface area contributed by atoms with Crippen LogP contribution in [0.5, 0.6) is 5.75 Å². The Morgan fingerprint density at radius 1 is 1.08 bits per heavy atom. The number of carbonyl (C=O) groups is 3. The maximum Gasteiger partial charge on any atom is 0.313 e. The van der Waals surface area contributed by atoms with Gasteiger partial charge in [-0.25, -0.2) is 5.06 Å². The first-order valence-electron chi connectivity index (χ1n) is 7.22. The Balaban J connectivity index is 2.94. The molecule has 1 rings (SSSR count). The van der Waals surface area contributed by atoms with Crippen LogP contribution in [0, 0.1) is 0 Å². The van der Waals surface area contributed by atoms with Gasteiger partial charge in [-0.15, -0.1) is 0 Å². The summed E-state index contributed by atoms with van der Waals surface area (Å²) in [5.74, 6) is -1.71. The Morgan fingerprint density at radius 2 is 1.71 bits per heavy atom. The maximum absolute atomic E-state index is 12.1. The summed E-state index contributed by atoms with van der Waals surface area (Å²) in [5.41, 5.74) is 0.0733. The molecule has 0 aliphatic carbocycles. The van der Waals surface area contributed by atoms with Gasteiger partial charge in [0, 0.05) is 24.3 Å². The number of amides is 3. The van der Waals surface area contributed by atoms with Crippen LogP contribution < -0.4 is 15.4 Å². The van der Waals surface area contributed by atoms with Crippen LogP contribution in [0.15, 0.2) is 18.2 Å². The third-order valence-electron chi connectivity index (χ3n) is 2.94. The first-order valence-corrected chi connectivity index (χ1v) is 7.22. The standard InChI is InChI=1S/C16H23N3O5/c1-16(2,3)18-14(21)13(20)17-10-7-8-11(12(9-10)23-5)15(22)19(4)24-6/h7-9H,1-6H3,(H,17,20)(H,18,21). The lowest BCUT2D eigenvalue weighted by Crippen LogP contribution is -2.46. The smallest absolute Gasteiger partial charge is 0.313 e. The normalized spacial score (nSPS) is 10.8. The average molecular weight is 337 g/mol. The quantitative estimate of drug-likeness (QED) is 0.635. The predicted octanol–water partition coefficient (Wildman–Crippen LogP) is 1.18. The Labute approximate surface area is 141 Å². The van der Waals surface area contributed by atoms with Crippen molar-refractivity contribution in [2.24, 2.45) is 0 Å². The van der Waals surface area contributed by atoms with Crippen LogP contribution in [0.1, 0.15) is 31.1 Å². The van der Waals surface area contributed by atoms with E-state index in [0.29, 0.717) is 5.69 Å². The number of hydroxylamine groups is 2. The molecule has 0 fully saturated rings. The number of hydrogen-bond donors (Lipinski definition) is 2. The Hall–Kier alpha value is -2.61. The monoisotopic (exact) mass is 337 g/mol. The van der Waals surface area contributed by atoms with Gasteiger partial charge in [0.25, 0.3) is 5.91 Å². The molecule has 132 valence electrons. The zero-order chi connectivity index (χ0) is 18.5. The third-order valence-corrected chi connectivity index (χ3v) is 2.94. The lowest BCUT2D eigenvalue weighted by atomic mass is 10.1. The molecule has 0 heterocycles. The van der Waals surface area contributed by atoms with E-state index in [-0.39, 0.29) is 11.3 Å². The fourth-order valence-corrected chi connectivity index (χ4v) is 1.78. The van der Waals surface area contributed by atoms with Gasteiger partial charge in [-0.2, -0.15) is 0 Å². The summed E-state index contributed by atoms with van der Waals surface area (Å²) in [6.45, 7) is 5.32. The summed E-state index contributed by atoms with van der Waals surface area (Å²) >= 11 is 0. The lowest BCUT2D eigenvalue weighted by molar-refractivity contribution is -0.137. The van der Waals surface area contributed by atoms with Crippen molar-refractivity contribution >= 4 is 23.4 Å². The van der Waals surface area contributed by atoms with E-state index in [1.807, 2.05) is 0 Å². The van der Waals surface area contributed by atoms with E-state index in [0.717, 1.165) is 5.06 Å². The fraction of sp³-hybridized carbons (Fsp3) is 0.438. The highest BCUT2D eigenvalue weighted by Crippen LogP contribution is 2.24. The number of methoxy groups -OCH3 is 1. The summed E-state index contributed by atoms with van der Waals surface area (Å²) < 4.78 is 5.17. The number of ether oxygens (including phenoxy) is 1. The minimum atomic E-state index is -0.805. The maximum atomic E-state index is 12.1. The van der Waals surface area contributed by atoms with E-state index in [2.05, 4.69) is 10.6 Å². The zero-order valence-electron chi connectivity index (χ0n) is 14.7. The average Bonchev–Trinajstić information content (AvgIpc) is 2.51. The van der Waals surface area contributed by atoms with Gasteiger partial charge in [0.2, 0.25) is 0 Å². The van der Waals surface area contributed by atoms with Gasteiger partial charge >= 0.3 is 11.8 Å². The molecule has 1 aromatic carbocycles. The van der Waals surface area contributed by atoms with Crippen molar-refractivity contribution in [3.05, 3.63) is 23.8 Å². The van der Waals surface area contributed by atoms with Crippen LogP contribution in [0.4, 0.5) is 5.69 Å². The molecule has 2 N–H and O–H groups in total. The highest BCUT2D eigenvalue weighted by molar-refractivity contribution is 6.39. The van der Waals surface area contributed by atoms with E-state index in [1.165, 1.54) is 39.5 Å². The van der Waals surface area contributed by atoms with Gasteiger partial charge in [-0.3, -0.25) is 19.2 Å². The summed E-state index contributed by atoms with van der Waals surface area (Å²) in [4.78, 5) is 40.7. The highest BCUT2D eigenvalue weighted by atomic mass is 16.7. The number of carbonyl (C=O) groups excluding carboxylic acids is 3. The Bertz CT molecular complexity index is 637. The second-order valence-electron chi connectivity index (χ2n) is 6.06. The molecule has 0 atom stereocenters.